The van der Waals surface area contributed by atoms with Crippen molar-refractivity contribution in [2.75, 3.05) is 25.0 Å². The maximum absolute atomic E-state index is 11.9. The summed E-state index contributed by atoms with van der Waals surface area (Å²) in [5.41, 5.74) is 0.864. The molecule has 4 nitrogen and oxygen atoms in total. The molecule has 102 valence electrons. The third-order valence-electron chi connectivity index (χ3n) is 4.19. The minimum absolute atomic E-state index is 0.0441. The van der Waals surface area contributed by atoms with E-state index in [1.54, 1.807) is 0 Å². The van der Waals surface area contributed by atoms with Crippen molar-refractivity contribution >= 4 is 11.6 Å². The lowest BCUT2D eigenvalue weighted by atomic mass is 10.1. The van der Waals surface area contributed by atoms with Crippen molar-refractivity contribution in [3.05, 3.63) is 30.3 Å². The molecule has 2 heterocycles. The van der Waals surface area contributed by atoms with Crippen LogP contribution in [-0.4, -0.2) is 42.5 Å². The number of nitrogens with zero attached hydrogens (tertiary/aromatic N) is 1. The molecular weight excluding hydrogens is 238 g/mol. The first-order valence-electron chi connectivity index (χ1n) is 7.15. The van der Waals surface area contributed by atoms with Gasteiger partial charge >= 0.3 is 0 Å². The Morgan fingerprint density at radius 3 is 2.89 bits per heavy atom. The van der Waals surface area contributed by atoms with Crippen molar-refractivity contribution in [3.63, 3.8) is 0 Å². The molecule has 1 amide bonds. The highest BCUT2D eigenvalue weighted by molar-refractivity contribution is 5.92. The molecule has 2 aliphatic rings. The number of amides is 1. The van der Waals surface area contributed by atoms with E-state index in [1.165, 1.54) is 32.4 Å². The fourth-order valence-corrected chi connectivity index (χ4v) is 3.27. The molecule has 2 fully saturated rings. The van der Waals surface area contributed by atoms with E-state index in [0.29, 0.717) is 18.6 Å². The van der Waals surface area contributed by atoms with E-state index >= 15 is 0 Å². The van der Waals surface area contributed by atoms with Crippen molar-refractivity contribution in [3.8, 4) is 0 Å². The summed E-state index contributed by atoms with van der Waals surface area (Å²) in [5.74, 6) is 0.0441. The Hall–Kier alpha value is -1.39. The summed E-state index contributed by atoms with van der Waals surface area (Å²) in [6, 6.07) is 10.8. The van der Waals surface area contributed by atoms with Gasteiger partial charge in [-0.05, 0) is 37.9 Å². The van der Waals surface area contributed by atoms with Gasteiger partial charge in [0, 0.05) is 24.3 Å². The average molecular weight is 259 g/mol. The fourth-order valence-electron chi connectivity index (χ4n) is 3.27. The molecule has 3 rings (SSSR count). The molecule has 0 saturated carbocycles. The van der Waals surface area contributed by atoms with E-state index in [0.717, 1.165) is 5.69 Å². The van der Waals surface area contributed by atoms with Crippen LogP contribution in [0, 0.1) is 0 Å². The molecule has 4 heteroatoms. The van der Waals surface area contributed by atoms with Crippen LogP contribution in [0.3, 0.4) is 0 Å². The molecule has 2 N–H and O–H groups in total. The number of nitrogens with one attached hydrogen (secondary N) is 2. The Morgan fingerprint density at radius 2 is 2.05 bits per heavy atom. The monoisotopic (exact) mass is 259 g/mol. The van der Waals surface area contributed by atoms with Crippen LogP contribution in [0.2, 0.25) is 0 Å². The second-order valence-electron chi connectivity index (χ2n) is 5.44. The number of carbonyl (C=O) groups excluding carboxylic acids is 1. The number of hydrogen-bond donors (Lipinski definition) is 2. The fraction of sp³-hybridized carbons (Fsp3) is 0.533. The van der Waals surface area contributed by atoms with Gasteiger partial charge in [-0.15, -0.1) is 0 Å². The van der Waals surface area contributed by atoms with Gasteiger partial charge in [0.25, 0.3) is 0 Å². The van der Waals surface area contributed by atoms with Crippen molar-refractivity contribution < 1.29 is 4.79 Å². The second kappa shape index (κ2) is 5.72. The third kappa shape index (κ3) is 2.96. The molecule has 0 bridgehead atoms. The van der Waals surface area contributed by atoms with Gasteiger partial charge in [-0.25, -0.2) is 0 Å². The molecular formula is C15H21N3O. The first-order valence-corrected chi connectivity index (χ1v) is 7.15. The summed E-state index contributed by atoms with van der Waals surface area (Å²) in [5, 5.41) is 6.33. The number of benzene rings is 1. The molecule has 2 atom stereocenters. The Kier molecular flexibility index (Phi) is 3.80. The van der Waals surface area contributed by atoms with Crippen LogP contribution in [0.25, 0.3) is 0 Å². The second-order valence-corrected chi connectivity index (χ2v) is 5.44. The summed E-state index contributed by atoms with van der Waals surface area (Å²) >= 11 is 0. The van der Waals surface area contributed by atoms with Gasteiger partial charge in [-0.3, -0.25) is 9.69 Å². The van der Waals surface area contributed by atoms with E-state index in [9.17, 15) is 4.79 Å². The summed E-state index contributed by atoms with van der Waals surface area (Å²) in [7, 11) is 0. The van der Waals surface area contributed by atoms with Crippen molar-refractivity contribution in [1.82, 2.24) is 10.2 Å². The highest BCUT2D eigenvalue weighted by Crippen LogP contribution is 2.27. The Balaban J connectivity index is 1.46. The molecule has 0 aromatic heterocycles. The smallest absolute Gasteiger partial charge is 0.238 e. The third-order valence-corrected chi connectivity index (χ3v) is 4.19. The van der Waals surface area contributed by atoms with Gasteiger partial charge in [0.2, 0.25) is 5.91 Å². The lowest BCUT2D eigenvalue weighted by Gasteiger charge is -2.21. The minimum Gasteiger partial charge on any atom is -0.325 e. The maximum atomic E-state index is 11.9. The van der Waals surface area contributed by atoms with Crippen LogP contribution in [0.4, 0.5) is 5.69 Å². The van der Waals surface area contributed by atoms with E-state index in [-0.39, 0.29) is 5.91 Å². The predicted octanol–water partition coefficient (Wildman–Crippen LogP) is 1.45. The van der Waals surface area contributed by atoms with Crippen molar-refractivity contribution in [2.45, 2.75) is 31.3 Å². The lowest BCUT2D eigenvalue weighted by molar-refractivity contribution is -0.115. The van der Waals surface area contributed by atoms with Crippen LogP contribution < -0.4 is 10.6 Å². The van der Waals surface area contributed by atoms with Gasteiger partial charge in [-0.1, -0.05) is 18.2 Å². The molecule has 19 heavy (non-hydrogen) atoms. The molecule has 2 unspecified atom stereocenters. The standard InChI is InChI=1S/C15H21N3O/c19-15(17-12-5-2-1-3-6-12)11-16-13-8-10-18-9-4-7-14(13)18/h1-3,5-6,13-14,16H,4,7-11H2,(H,17,19). The normalized spacial score (nSPS) is 26.3. The topological polar surface area (TPSA) is 44.4 Å². The van der Waals surface area contributed by atoms with E-state index < -0.39 is 0 Å². The summed E-state index contributed by atoms with van der Waals surface area (Å²) in [6.45, 7) is 2.82. The Morgan fingerprint density at radius 1 is 1.21 bits per heavy atom. The Bertz CT molecular complexity index is 434. The summed E-state index contributed by atoms with van der Waals surface area (Å²) in [6.07, 6.45) is 3.75. The molecule has 2 saturated heterocycles. The molecule has 0 aliphatic carbocycles. The van der Waals surface area contributed by atoms with Gasteiger partial charge in [0.15, 0.2) is 0 Å². The first-order chi connectivity index (χ1) is 9.33. The van der Waals surface area contributed by atoms with Crippen molar-refractivity contribution in [1.29, 1.82) is 0 Å². The molecule has 2 aliphatic heterocycles. The zero-order valence-corrected chi connectivity index (χ0v) is 11.1. The number of para-hydroxylation sites is 1. The van der Waals surface area contributed by atoms with Crippen LogP contribution in [0.15, 0.2) is 30.3 Å². The van der Waals surface area contributed by atoms with Gasteiger partial charge in [-0.2, -0.15) is 0 Å². The van der Waals surface area contributed by atoms with E-state index in [4.69, 9.17) is 0 Å². The number of fused-ring (bicyclic) bond motifs is 1. The summed E-state index contributed by atoms with van der Waals surface area (Å²) < 4.78 is 0. The largest absolute Gasteiger partial charge is 0.325 e. The summed E-state index contributed by atoms with van der Waals surface area (Å²) in [4.78, 5) is 14.4. The molecule has 1 aromatic carbocycles. The first kappa shape index (κ1) is 12.6. The molecule has 0 radical (unpaired) electrons. The lowest BCUT2D eigenvalue weighted by Crippen LogP contribution is -2.42. The quantitative estimate of drug-likeness (QED) is 0.860. The maximum Gasteiger partial charge on any atom is 0.238 e. The number of carbonyl (C=O) groups is 1. The number of anilines is 1. The zero-order chi connectivity index (χ0) is 13.1. The van der Waals surface area contributed by atoms with E-state index in [1.807, 2.05) is 30.3 Å². The number of rotatable bonds is 4. The van der Waals surface area contributed by atoms with Gasteiger partial charge in [0.05, 0.1) is 6.54 Å². The van der Waals surface area contributed by atoms with E-state index in [2.05, 4.69) is 15.5 Å². The average Bonchev–Trinajstić information content (AvgIpc) is 3.01. The Labute approximate surface area is 114 Å². The van der Waals surface area contributed by atoms with Crippen LogP contribution in [0.1, 0.15) is 19.3 Å². The SMILES string of the molecule is O=C(CNC1CCN2CCCC12)Nc1ccccc1. The highest BCUT2D eigenvalue weighted by atomic mass is 16.1. The number of hydrogen-bond acceptors (Lipinski definition) is 3. The van der Waals surface area contributed by atoms with Gasteiger partial charge in [0.1, 0.15) is 0 Å². The highest BCUT2D eigenvalue weighted by Gasteiger charge is 2.36. The van der Waals surface area contributed by atoms with Crippen LogP contribution >= 0.6 is 0 Å². The molecule has 1 aromatic rings. The minimum atomic E-state index is 0.0441. The van der Waals surface area contributed by atoms with Crippen LogP contribution in [0.5, 0.6) is 0 Å². The predicted molar refractivity (Wildman–Crippen MR) is 76.1 cm³/mol. The van der Waals surface area contributed by atoms with Gasteiger partial charge < -0.3 is 10.6 Å². The van der Waals surface area contributed by atoms with Crippen LogP contribution in [-0.2, 0) is 4.79 Å². The molecule has 0 spiro atoms. The van der Waals surface area contributed by atoms with Crippen molar-refractivity contribution in [2.24, 2.45) is 0 Å². The zero-order valence-electron chi connectivity index (χ0n) is 11.1.